The number of amides is 4. The molecule has 5 aromatic rings. The summed E-state index contributed by atoms with van der Waals surface area (Å²) < 4.78 is 9.63. The third-order valence-corrected chi connectivity index (χ3v) is 12.8. The first kappa shape index (κ1) is 39.9. The van der Waals surface area contributed by atoms with Gasteiger partial charge in [-0.05, 0) is 96.4 Å². The van der Waals surface area contributed by atoms with Crippen LogP contribution in [0.5, 0.6) is 0 Å². The van der Waals surface area contributed by atoms with E-state index in [9.17, 15) is 19.2 Å². The second-order valence-electron chi connectivity index (χ2n) is 17.3. The molecule has 1 saturated carbocycles. The normalized spacial score (nSPS) is 23.4. The molecule has 59 heavy (non-hydrogen) atoms. The molecular formula is C45H54N8O6. The van der Waals surface area contributed by atoms with Gasteiger partial charge in [-0.2, -0.15) is 0 Å². The number of ether oxygens (including phenoxy) is 2. The summed E-state index contributed by atoms with van der Waals surface area (Å²) in [6.07, 6.45) is 1.32. The average molecular weight is 803 g/mol. The monoisotopic (exact) mass is 802 g/mol. The van der Waals surface area contributed by atoms with Crippen molar-refractivity contribution in [3.8, 4) is 22.3 Å². The predicted molar refractivity (Wildman–Crippen MR) is 224 cm³/mol. The summed E-state index contributed by atoms with van der Waals surface area (Å²) in [5, 5.41) is 5.49. The molecule has 2 saturated heterocycles. The van der Waals surface area contributed by atoms with E-state index in [-0.39, 0.29) is 53.7 Å². The summed E-state index contributed by atoms with van der Waals surface area (Å²) in [7, 11) is 2.60. The highest BCUT2D eigenvalue weighted by Crippen LogP contribution is 2.53. The second kappa shape index (κ2) is 15.7. The number of hydrogen-bond donors (Lipinski definition) is 4. The number of benzene rings is 3. The van der Waals surface area contributed by atoms with Crippen LogP contribution in [0.4, 0.5) is 9.59 Å². The van der Waals surface area contributed by atoms with Crippen molar-refractivity contribution in [2.24, 2.45) is 23.7 Å². The zero-order valence-electron chi connectivity index (χ0n) is 34.9. The maximum atomic E-state index is 14.0. The van der Waals surface area contributed by atoms with Crippen LogP contribution in [0.3, 0.4) is 0 Å². The highest BCUT2D eigenvalue weighted by atomic mass is 16.5. The Hall–Kier alpha value is -5.92. The molecule has 0 radical (unpaired) electrons. The number of methoxy groups -OCH3 is 2. The van der Waals surface area contributed by atoms with Gasteiger partial charge >= 0.3 is 12.2 Å². The molecule has 3 fully saturated rings. The number of piperidine rings is 1. The lowest BCUT2D eigenvalue weighted by Gasteiger charge is -2.33. The van der Waals surface area contributed by atoms with Gasteiger partial charge in [-0.3, -0.25) is 9.59 Å². The van der Waals surface area contributed by atoms with E-state index in [0.29, 0.717) is 5.92 Å². The first-order valence-electron chi connectivity index (χ1n) is 20.7. The Kier molecular flexibility index (Phi) is 10.6. The van der Waals surface area contributed by atoms with Crippen LogP contribution in [0.25, 0.3) is 44.3 Å². The van der Waals surface area contributed by atoms with E-state index < -0.39 is 24.3 Å². The number of nitrogens with one attached hydrogen (secondary N) is 4. The van der Waals surface area contributed by atoms with Crippen LogP contribution in [-0.2, 0) is 19.1 Å². The minimum Gasteiger partial charge on any atom is -0.453 e. The van der Waals surface area contributed by atoms with Gasteiger partial charge in [0.15, 0.2) is 0 Å². The lowest BCUT2D eigenvalue weighted by atomic mass is 10.00. The maximum Gasteiger partial charge on any atom is 0.407 e. The van der Waals surface area contributed by atoms with E-state index in [4.69, 9.17) is 19.4 Å². The third kappa shape index (κ3) is 7.49. The molecule has 8 atom stereocenters. The lowest BCUT2D eigenvalue weighted by Crippen LogP contribution is -2.53. The Labute approximate surface area is 343 Å². The van der Waals surface area contributed by atoms with Crippen molar-refractivity contribution in [2.75, 3.05) is 14.2 Å². The van der Waals surface area contributed by atoms with Crippen molar-refractivity contribution >= 4 is 46.1 Å². The van der Waals surface area contributed by atoms with Crippen molar-refractivity contribution in [3.05, 3.63) is 72.3 Å². The van der Waals surface area contributed by atoms with Crippen LogP contribution in [0.2, 0.25) is 0 Å². The summed E-state index contributed by atoms with van der Waals surface area (Å²) in [6, 6.07) is 19.1. The SMILES string of the molecule is COC(=O)N[C@H](C(=O)N1[C@H](C)[C@H](C)C[C@H]1c1nc2ccc(-c3ccc(-c4ccc5nc([C@@H]6C[C@H]7C[C@H]7N6C(=O)[C@@H](NC(=O)OC)C(C)C)[nH]c5c4)cc3)cc2[nH]1)C(C)C. The molecule has 310 valence electrons. The molecule has 0 bridgehead atoms. The first-order chi connectivity index (χ1) is 28.3. The van der Waals surface area contributed by atoms with Crippen molar-refractivity contribution in [2.45, 2.75) is 97.1 Å². The number of hydrogen-bond acceptors (Lipinski definition) is 8. The molecule has 14 heteroatoms. The number of carbonyl (C=O) groups excluding carboxylic acids is 4. The third-order valence-electron chi connectivity index (χ3n) is 12.8. The summed E-state index contributed by atoms with van der Waals surface area (Å²) in [5.41, 5.74) is 7.61. The summed E-state index contributed by atoms with van der Waals surface area (Å²) in [4.78, 5) is 72.9. The van der Waals surface area contributed by atoms with Gasteiger partial charge in [-0.25, -0.2) is 19.6 Å². The van der Waals surface area contributed by atoms with Crippen LogP contribution in [0, 0.1) is 23.7 Å². The number of aromatic nitrogens is 4. The molecule has 0 spiro atoms. The molecule has 0 unspecified atom stereocenters. The van der Waals surface area contributed by atoms with Gasteiger partial charge in [-0.1, -0.05) is 71.0 Å². The lowest BCUT2D eigenvalue weighted by molar-refractivity contribution is -0.138. The Morgan fingerprint density at radius 2 is 1.08 bits per heavy atom. The van der Waals surface area contributed by atoms with E-state index >= 15 is 0 Å². The standard InChI is InChI=1S/C45H54N8O6/c1-22(2)38(50-44(56)58-7)42(54)52-25(6)24(5)17-36(52)40-46-31-15-13-28(18-33(31)48-40)26-9-11-27(12-10-26)29-14-16-32-34(19-29)49-41(47-32)37-21-30-20-35(30)53(37)43(55)39(23(3)4)51-45(57)59-8/h9-16,18-19,22-25,30,35-39H,17,20-21H2,1-8H3,(H,46,48)(H,47,49)(H,50,56)(H,51,57)/t24-,25-,30-,35-,36+,37+,38+,39+/m1/s1. The Balaban J connectivity index is 0.998. The number of rotatable bonds is 10. The number of imidazole rings is 2. The molecule has 3 aromatic carbocycles. The van der Waals surface area contributed by atoms with Gasteiger partial charge in [0.05, 0.1) is 48.4 Å². The van der Waals surface area contributed by atoms with Crippen LogP contribution < -0.4 is 10.6 Å². The minimum atomic E-state index is -0.719. The van der Waals surface area contributed by atoms with Crippen LogP contribution >= 0.6 is 0 Å². The van der Waals surface area contributed by atoms with Gasteiger partial charge < -0.3 is 39.9 Å². The van der Waals surface area contributed by atoms with Crippen molar-refractivity contribution < 1.29 is 28.7 Å². The molecule has 3 aliphatic rings. The molecule has 1 aliphatic carbocycles. The van der Waals surface area contributed by atoms with Gasteiger partial charge in [0.2, 0.25) is 11.8 Å². The van der Waals surface area contributed by atoms with E-state index in [1.54, 1.807) is 0 Å². The van der Waals surface area contributed by atoms with E-state index in [1.807, 2.05) is 49.6 Å². The number of carbonyl (C=O) groups is 4. The number of aromatic amines is 2. The van der Waals surface area contributed by atoms with Crippen LogP contribution in [-0.4, -0.2) is 92.1 Å². The summed E-state index contributed by atoms with van der Waals surface area (Å²) >= 11 is 0. The average Bonchev–Trinajstić information content (AvgIpc) is 3.55. The highest BCUT2D eigenvalue weighted by Gasteiger charge is 2.56. The first-order valence-corrected chi connectivity index (χ1v) is 20.7. The largest absolute Gasteiger partial charge is 0.453 e. The van der Waals surface area contributed by atoms with Crippen LogP contribution in [0.1, 0.15) is 84.5 Å². The van der Waals surface area contributed by atoms with Gasteiger partial charge in [0.1, 0.15) is 23.7 Å². The maximum absolute atomic E-state index is 14.0. The number of alkyl carbamates (subject to hydrolysis) is 2. The topological polar surface area (TPSA) is 175 Å². The predicted octanol–water partition coefficient (Wildman–Crippen LogP) is 7.49. The number of H-pyrrole nitrogens is 2. The molecule has 4 heterocycles. The van der Waals surface area contributed by atoms with Crippen molar-refractivity contribution in [1.29, 1.82) is 0 Å². The fraction of sp³-hybridized carbons (Fsp3) is 0.467. The van der Waals surface area contributed by atoms with E-state index in [2.05, 4.69) is 83.0 Å². The Morgan fingerprint density at radius 3 is 1.54 bits per heavy atom. The smallest absolute Gasteiger partial charge is 0.407 e. The highest BCUT2D eigenvalue weighted by molar-refractivity contribution is 5.89. The number of likely N-dealkylation sites (tertiary alicyclic amines) is 2. The second-order valence-corrected chi connectivity index (χ2v) is 17.3. The number of nitrogens with zero attached hydrogens (tertiary/aromatic N) is 4. The summed E-state index contributed by atoms with van der Waals surface area (Å²) in [5.74, 6) is 1.70. The molecule has 2 aliphatic heterocycles. The van der Waals surface area contributed by atoms with Crippen molar-refractivity contribution in [1.82, 2.24) is 40.4 Å². The molecule has 4 N–H and O–H groups in total. The fourth-order valence-electron chi connectivity index (χ4n) is 9.14. The number of fused-ring (bicyclic) bond motifs is 3. The van der Waals surface area contributed by atoms with Gasteiger partial charge in [-0.15, -0.1) is 0 Å². The molecule has 2 aromatic heterocycles. The molecular weight excluding hydrogens is 749 g/mol. The zero-order valence-corrected chi connectivity index (χ0v) is 34.9. The molecule has 4 amide bonds. The molecule has 14 nitrogen and oxygen atoms in total. The van der Waals surface area contributed by atoms with Crippen molar-refractivity contribution in [3.63, 3.8) is 0 Å². The van der Waals surface area contributed by atoms with Crippen LogP contribution in [0.15, 0.2) is 60.7 Å². The quantitative estimate of drug-likeness (QED) is 0.112. The Morgan fingerprint density at radius 1 is 0.644 bits per heavy atom. The van der Waals surface area contributed by atoms with E-state index in [1.165, 1.54) is 14.2 Å². The fourth-order valence-corrected chi connectivity index (χ4v) is 9.14. The van der Waals surface area contributed by atoms with E-state index in [0.717, 1.165) is 75.2 Å². The van der Waals surface area contributed by atoms with Gasteiger partial charge in [0, 0.05) is 12.1 Å². The summed E-state index contributed by atoms with van der Waals surface area (Å²) in [6.45, 7) is 11.9. The van der Waals surface area contributed by atoms with Gasteiger partial charge in [0.25, 0.3) is 0 Å². The minimum absolute atomic E-state index is 0.0359. The Bertz CT molecular complexity index is 2400. The molecule has 8 rings (SSSR count). The zero-order chi connectivity index (χ0) is 41.9.